The third kappa shape index (κ3) is 3.05. The van der Waals surface area contributed by atoms with E-state index in [4.69, 9.17) is 11.5 Å². The van der Waals surface area contributed by atoms with E-state index >= 15 is 0 Å². The predicted molar refractivity (Wildman–Crippen MR) is 82.0 cm³/mol. The highest BCUT2D eigenvalue weighted by Crippen LogP contribution is 2.35. The normalized spacial score (nSPS) is 14.0. The second-order valence-electron chi connectivity index (χ2n) is 4.57. The van der Waals surface area contributed by atoms with Crippen LogP contribution in [0, 0.1) is 23.3 Å². The molecule has 0 fully saturated rings. The topological polar surface area (TPSA) is 52.0 Å². The lowest BCUT2D eigenvalue weighted by Crippen LogP contribution is -2.30. The molecule has 0 spiro atoms. The van der Waals surface area contributed by atoms with Gasteiger partial charge < -0.3 is 11.5 Å². The zero-order valence-corrected chi connectivity index (χ0v) is 14.1. The van der Waals surface area contributed by atoms with Gasteiger partial charge in [-0.2, -0.15) is 0 Å². The fourth-order valence-corrected chi connectivity index (χ4v) is 2.75. The molecule has 118 valence electrons. The molecule has 2 nitrogen and oxygen atoms in total. The first-order valence-corrected chi connectivity index (χ1v) is 7.62. The molecule has 2 unspecified atom stereocenters. The molecule has 8 heteroatoms. The zero-order valence-electron chi connectivity index (χ0n) is 10.9. The van der Waals surface area contributed by atoms with Crippen LogP contribution in [0.5, 0.6) is 0 Å². The van der Waals surface area contributed by atoms with Gasteiger partial charge in [0.2, 0.25) is 0 Å². The molecule has 2 aromatic carbocycles. The molecule has 4 N–H and O–H groups in total. The van der Waals surface area contributed by atoms with E-state index in [1.807, 2.05) is 0 Å². The molecule has 0 radical (unpaired) electrons. The van der Waals surface area contributed by atoms with Gasteiger partial charge in [-0.3, -0.25) is 0 Å². The molecule has 0 saturated heterocycles. The number of nitrogens with two attached hydrogens (primary N) is 2. The molecule has 0 amide bonds. The van der Waals surface area contributed by atoms with E-state index in [2.05, 4.69) is 31.9 Å². The highest BCUT2D eigenvalue weighted by atomic mass is 79.9. The molecule has 0 heterocycles. The van der Waals surface area contributed by atoms with Crippen LogP contribution >= 0.6 is 31.9 Å². The molecule has 0 bridgehead atoms. The first-order valence-electron chi connectivity index (χ1n) is 6.03. The van der Waals surface area contributed by atoms with Crippen LogP contribution < -0.4 is 11.5 Å². The van der Waals surface area contributed by atoms with Crippen LogP contribution in [0.4, 0.5) is 17.6 Å². The van der Waals surface area contributed by atoms with Gasteiger partial charge in [-0.25, -0.2) is 17.6 Å². The average Bonchev–Trinajstić information content (AvgIpc) is 2.47. The molecule has 2 rings (SSSR count). The van der Waals surface area contributed by atoms with Crippen LogP contribution in [0.3, 0.4) is 0 Å². The quantitative estimate of drug-likeness (QED) is 0.545. The van der Waals surface area contributed by atoms with Gasteiger partial charge in [-0.1, -0.05) is 0 Å². The Hall–Kier alpha value is -0.960. The molecule has 2 aromatic rings. The van der Waals surface area contributed by atoms with Gasteiger partial charge in [-0.05, 0) is 56.1 Å². The van der Waals surface area contributed by atoms with Gasteiger partial charge in [0.15, 0.2) is 0 Å². The van der Waals surface area contributed by atoms with Crippen LogP contribution in [-0.4, -0.2) is 0 Å². The third-order valence-corrected chi connectivity index (χ3v) is 4.44. The summed E-state index contributed by atoms with van der Waals surface area (Å²) in [5.74, 6) is -3.81. The van der Waals surface area contributed by atoms with E-state index < -0.39 is 46.5 Å². The summed E-state index contributed by atoms with van der Waals surface area (Å²) in [5.41, 5.74) is 10.4. The fraction of sp³-hybridized carbons (Fsp3) is 0.143. The summed E-state index contributed by atoms with van der Waals surface area (Å²) in [4.78, 5) is 0. The zero-order chi connectivity index (χ0) is 16.6. The number of benzene rings is 2. The van der Waals surface area contributed by atoms with Gasteiger partial charge in [0, 0.05) is 11.1 Å². The third-order valence-electron chi connectivity index (χ3n) is 3.21. The maximum atomic E-state index is 14.1. The van der Waals surface area contributed by atoms with Gasteiger partial charge >= 0.3 is 0 Å². The average molecular weight is 442 g/mol. The summed E-state index contributed by atoms with van der Waals surface area (Å²) in [6.45, 7) is 0. The summed E-state index contributed by atoms with van der Waals surface area (Å²) in [5, 5.41) is 0. The van der Waals surface area contributed by atoms with E-state index in [1.54, 1.807) is 0 Å². The van der Waals surface area contributed by atoms with Crippen LogP contribution in [0.15, 0.2) is 33.2 Å². The molecule has 0 saturated carbocycles. The van der Waals surface area contributed by atoms with Crippen molar-refractivity contribution >= 4 is 31.9 Å². The van der Waals surface area contributed by atoms with Crippen molar-refractivity contribution in [3.05, 3.63) is 67.6 Å². The summed E-state index contributed by atoms with van der Waals surface area (Å²) in [6.07, 6.45) is 0. The van der Waals surface area contributed by atoms with Crippen molar-refractivity contribution in [1.29, 1.82) is 0 Å². The highest BCUT2D eigenvalue weighted by molar-refractivity contribution is 9.10. The molecule has 0 aromatic heterocycles. The maximum absolute atomic E-state index is 14.1. The summed E-state index contributed by atoms with van der Waals surface area (Å²) >= 11 is 5.80. The number of hydrogen-bond donors (Lipinski definition) is 2. The van der Waals surface area contributed by atoms with E-state index in [0.29, 0.717) is 0 Å². The van der Waals surface area contributed by atoms with Crippen LogP contribution in [0.2, 0.25) is 0 Å². The summed E-state index contributed by atoms with van der Waals surface area (Å²) in [7, 11) is 0. The minimum Gasteiger partial charge on any atom is -0.322 e. The number of halogens is 6. The molecular weight excluding hydrogens is 432 g/mol. The Morgan fingerprint density at radius 3 is 1.32 bits per heavy atom. The van der Waals surface area contributed by atoms with Crippen molar-refractivity contribution in [3.8, 4) is 0 Å². The largest absolute Gasteiger partial charge is 0.322 e. The van der Waals surface area contributed by atoms with Crippen LogP contribution in [0.1, 0.15) is 23.2 Å². The molecule has 2 atom stereocenters. The lowest BCUT2D eigenvalue weighted by molar-refractivity contribution is 0.451. The fourth-order valence-electron chi connectivity index (χ4n) is 2.06. The van der Waals surface area contributed by atoms with Crippen molar-refractivity contribution in [2.75, 3.05) is 0 Å². The Morgan fingerprint density at radius 2 is 1.00 bits per heavy atom. The first-order chi connectivity index (χ1) is 10.3. The molecule has 0 aliphatic carbocycles. The van der Waals surface area contributed by atoms with Crippen molar-refractivity contribution in [2.24, 2.45) is 11.5 Å². The molecule has 0 aliphatic heterocycles. The minimum absolute atomic E-state index is 0.0262. The van der Waals surface area contributed by atoms with E-state index in [1.165, 1.54) is 0 Å². The van der Waals surface area contributed by atoms with Crippen molar-refractivity contribution in [3.63, 3.8) is 0 Å². The van der Waals surface area contributed by atoms with E-state index in [9.17, 15) is 17.6 Å². The van der Waals surface area contributed by atoms with E-state index in [-0.39, 0.29) is 8.95 Å². The second kappa shape index (κ2) is 6.66. The van der Waals surface area contributed by atoms with E-state index in [0.717, 1.165) is 24.3 Å². The van der Waals surface area contributed by atoms with Crippen LogP contribution in [-0.2, 0) is 0 Å². The Morgan fingerprint density at radius 1 is 0.682 bits per heavy atom. The number of hydrogen-bond acceptors (Lipinski definition) is 2. The van der Waals surface area contributed by atoms with Gasteiger partial charge in [0.25, 0.3) is 0 Å². The van der Waals surface area contributed by atoms with Gasteiger partial charge in [0.1, 0.15) is 23.3 Å². The maximum Gasteiger partial charge on any atom is 0.145 e. The Kier molecular flexibility index (Phi) is 5.26. The second-order valence-corrected chi connectivity index (χ2v) is 6.27. The summed E-state index contributed by atoms with van der Waals surface area (Å²) < 4.78 is 55.7. The predicted octanol–water partition coefficient (Wildman–Crippen LogP) is 4.47. The smallest absolute Gasteiger partial charge is 0.145 e. The first kappa shape index (κ1) is 17.4. The van der Waals surface area contributed by atoms with Crippen molar-refractivity contribution < 1.29 is 17.6 Å². The molecular formula is C14H10Br2F4N2. The van der Waals surface area contributed by atoms with Gasteiger partial charge in [0.05, 0.1) is 21.0 Å². The Bertz CT molecular complexity index is 663. The SMILES string of the molecule is NC(c1c(F)ccc(Br)c1F)C(N)c1c(F)ccc(Br)c1F. The molecule has 22 heavy (non-hydrogen) atoms. The Labute approximate surface area is 140 Å². The highest BCUT2D eigenvalue weighted by Gasteiger charge is 2.29. The lowest BCUT2D eigenvalue weighted by Gasteiger charge is -2.23. The molecule has 0 aliphatic rings. The van der Waals surface area contributed by atoms with Crippen LogP contribution in [0.25, 0.3) is 0 Å². The summed E-state index contributed by atoms with van der Waals surface area (Å²) in [6, 6.07) is 1.34. The Balaban J connectivity index is 2.54. The van der Waals surface area contributed by atoms with Crippen molar-refractivity contribution in [1.82, 2.24) is 0 Å². The standard InChI is InChI=1S/C14H10Br2F4N2/c15-5-1-3-7(17)9(11(5)19)13(21)14(22)10-8(18)4-2-6(16)12(10)20/h1-4,13-14H,21-22H2. The van der Waals surface area contributed by atoms with Crippen molar-refractivity contribution in [2.45, 2.75) is 12.1 Å². The monoisotopic (exact) mass is 440 g/mol. The number of rotatable bonds is 3. The van der Waals surface area contributed by atoms with Gasteiger partial charge in [-0.15, -0.1) is 0 Å². The minimum atomic E-state index is -1.48. The lowest BCUT2D eigenvalue weighted by atomic mass is 9.93.